The molecule has 0 unspecified atom stereocenters. The van der Waals surface area contributed by atoms with E-state index in [0.717, 1.165) is 6.07 Å². The van der Waals surface area contributed by atoms with Gasteiger partial charge >= 0.3 is 0 Å². The summed E-state index contributed by atoms with van der Waals surface area (Å²) in [5.74, 6) is 0.00250. The highest BCUT2D eigenvalue weighted by Crippen LogP contribution is 2.21. The summed E-state index contributed by atoms with van der Waals surface area (Å²) in [6.07, 6.45) is 0. The van der Waals surface area contributed by atoms with Gasteiger partial charge in [0.05, 0.1) is 5.69 Å². The fourth-order valence-corrected chi connectivity index (χ4v) is 1.56. The van der Waals surface area contributed by atoms with Crippen LogP contribution in [0.25, 0.3) is 11.3 Å². The average molecular weight is 267 g/mol. The number of nitrogens with zero attached hydrogens (tertiary/aromatic N) is 2. The second kappa shape index (κ2) is 5.77. The maximum atomic E-state index is 13.5. The molecule has 94 valence electrons. The first-order chi connectivity index (χ1) is 8.70. The zero-order valence-electron chi connectivity index (χ0n) is 9.40. The van der Waals surface area contributed by atoms with Crippen molar-refractivity contribution in [2.45, 2.75) is 0 Å². The molecular formula is C12H11F2N3S. The number of thiol groups is 1. The van der Waals surface area contributed by atoms with Gasteiger partial charge in [-0.3, -0.25) is 0 Å². The number of halogens is 2. The second-order valence-corrected chi connectivity index (χ2v) is 4.03. The largest absolute Gasteiger partial charge is 0.368 e. The Labute approximate surface area is 109 Å². The van der Waals surface area contributed by atoms with Crippen LogP contribution >= 0.6 is 12.6 Å². The van der Waals surface area contributed by atoms with E-state index >= 15 is 0 Å². The van der Waals surface area contributed by atoms with Gasteiger partial charge in [-0.2, -0.15) is 12.6 Å². The van der Waals surface area contributed by atoms with Gasteiger partial charge in [0, 0.05) is 23.9 Å². The van der Waals surface area contributed by atoms with Gasteiger partial charge in [-0.25, -0.2) is 8.78 Å². The van der Waals surface area contributed by atoms with Crippen molar-refractivity contribution in [3.8, 4) is 11.3 Å². The molecule has 6 heteroatoms. The number of aromatic nitrogens is 2. The van der Waals surface area contributed by atoms with Gasteiger partial charge in [-0.05, 0) is 24.3 Å². The molecule has 1 aromatic carbocycles. The van der Waals surface area contributed by atoms with E-state index in [-0.39, 0.29) is 5.56 Å². The number of anilines is 1. The topological polar surface area (TPSA) is 37.8 Å². The molecule has 0 bridgehead atoms. The van der Waals surface area contributed by atoms with Crippen molar-refractivity contribution in [3.63, 3.8) is 0 Å². The van der Waals surface area contributed by atoms with Crippen LogP contribution in [0.5, 0.6) is 0 Å². The van der Waals surface area contributed by atoms with E-state index in [0.29, 0.717) is 23.8 Å². The molecule has 2 aromatic rings. The molecular weight excluding hydrogens is 256 g/mol. The van der Waals surface area contributed by atoms with Crippen molar-refractivity contribution >= 4 is 18.4 Å². The Morgan fingerprint density at radius 3 is 2.56 bits per heavy atom. The monoisotopic (exact) mass is 267 g/mol. The summed E-state index contributed by atoms with van der Waals surface area (Å²) < 4.78 is 26.3. The van der Waals surface area contributed by atoms with Gasteiger partial charge in [0.15, 0.2) is 0 Å². The molecule has 2 rings (SSSR count). The SMILES string of the molecule is Fc1ccc(-c2ccc(NCCS)nn2)c(F)c1. The minimum absolute atomic E-state index is 0.227. The molecule has 0 saturated heterocycles. The number of benzene rings is 1. The Bertz CT molecular complexity index is 531. The Kier molecular flexibility index (Phi) is 4.09. The predicted molar refractivity (Wildman–Crippen MR) is 69.7 cm³/mol. The number of hydrogen-bond donors (Lipinski definition) is 2. The van der Waals surface area contributed by atoms with E-state index in [1.165, 1.54) is 12.1 Å². The lowest BCUT2D eigenvalue weighted by Crippen LogP contribution is -2.05. The summed E-state index contributed by atoms with van der Waals surface area (Å²) >= 11 is 4.06. The van der Waals surface area contributed by atoms with E-state index in [1.807, 2.05) is 0 Å². The highest BCUT2D eigenvalue weighted by atomic mass is 32.1. The van der Waals surface area contributed by atoms with Crippen LogP contribution in [0.4, 0.5) is 14.6 Å². The van der Waals surface area contributed by atoms with Crippen molar-refractivity contribution in [3.05, 3.63) is 42.0 Å². The molecule has 0 aliphatic carbocycles. The fourth-order valence-electron chi connectivity index (χ4n) is 1.45. The molecule has 0 fully saturated rings. The van der Waals surface area contributed by atoms with Crippen LogP contribution < -0.4 is 5.32 Å². The summed E-state index contributed by atoms with van der Waals surface area (Å²) in [4.78, 5) is 0. The highest BCUT2D eigenvalue weighted by molar-refractivity contribution is 7.80. The Morgan fingerprint density at radius 1 is 1.11 bits per heavy atom. The zero-order valence-corrected chi connectivity index (χ0v) is 10.3. The number of hydrogen-bond acceptors (Lipinski definition) is 4. The van der Waals surface area contributed by atoms with Crippen molar-refractivity contribution < 1.29 is 8.78 Å². The van der Waals surface area contributed by atoms with E-state index in [4.69, 9.17) is 0 Å². The summed E-state index contributed by atoms with van der Waals surface area (Å²) in [5.41, 5.74) is 0.591. The van der Waals surface area contributed by atoms with Gasteiger partial charge in [-0.15, -0.1) is 10.2 Å². The van der Waals surface area contributed by atoms with Gasteiger partial charge in [-0.1, -0.05) is 0 Å². The molecule has 0 aliphatic heterocycles. The molecule has 0 atom stereocenters. The van der Waals surface area contributed by atoms with E-state index in [2.05, 4.69) is 28.1 Å². The van der Waals surface area contributed by atoms with Crippen LogP contribution in [0, 0.1) is 11.6 Å². The molecule has 0 saturated carbocycles. The second-order valence-electron chi connectivity index (χ2n) is 3.58. The van der Waals surface area contributed by atoms with Gasteiger partial charge in [0.1, 0.15) is 17.5 Å². The quantitative estimate of drug-likeness (QED) is 0.836. The van der Waals surface area contributed by atoms with Crippen LogP contribution in [-0.4, -0.2) is 22.5 Å². The van der Waals surface area contributed by atoms with Crippen molar-refractivity contribution in [2.75, 3.05) is 17.6 Å². The third-order valence-corrected chi connectivity index (χ3v) is 2.51. The van der Waals surface area contributed by atoms with Crippen LogP contribution in [0.15, 0.2) is 30.3 Å². The van der Waals surface area contributed by atoms with Crippen LogP contribution in [-0.2, 0) is 0 Å². The highest BCUT2D eigenvalue weighted by Gasteiger charge is 2.08. The summed E-state index contributed by atoms with van der Waals surface area (Å²) in [5, 5.41) is 10.8. The summed E-state index contributed by atoms with van der Waals surface area (Å²) in [6.45, 7) is 0.669. The smallest absolute Gasteiger partial charge is 0.148 e. The minimum Gasteiger partial charge on any atom is -0.368 e. The van der Waals surface area contributed by atoms with Gasteiger partial charge in [0.2, 0.25) is 0 Å². The normalized spacial score (nSPS) is 10.4. The number of rotatable bonds is 4. The molecule has 3 nitrogen and oxygen atoms in total. The third kappa shape index (κ3) is 2.95. The first-order valence-corrected chi connectivity index (χ1v) is 5.98. The van der Waals surface area contributed by atoms with Crippen molar-refractivity contribution in [1.82, 2.24) is 10.2 Å². The predicted octanol–water partition coefficient (Wildman–Crippen LogP) is 2.76. The molecule has 1 heterocycles. The third-order valence-electron chi connectivity index (χ3n) is 2.29. The van der Waals surface area contributed by atoms with Crippen LogP contribution in [0.1, 0.15) is 0 Å². The zero-order chi connectivity index (χ0) is 13.0. The number of nitrogens with one attached hydrogen (secondary N) is 1. The Balaban J connectivity index is 2.23. The van der Waals surface area contributed by atoms with E-state index in [1.54, 1.807) is 12.1 Å². The standard InChI is InChI=1S/C12H11F2N3S/c13-8-1-2-9(10(14)7-8)11-3-4-12(17-16-11)15-5-6-18/h1-4,7,18H,5-6H2,(H,15,17). The molecule has 0 spiro atoms. The average Bonchev–Trinajstić information content (AvgIpc) is 2.37. The summed E-state index contributed by atoms with van der Waals surface area (Å²) in [6, 6.07) is 6.67. The summed E-state index contributed by atoms with van der Waals surface area (Å²) in [7, 11) is 0. The van der Waals surface area contributed by atoms with E-state index < -0.39 is 11.6 Å². The molecule has 1 aromatic heterocycles. The van der Waals surface area contributed by atoms with Crippen molar-refractivity contribution in [2.24, 2.45) is 0 Å². The van der Waals surface area contributed by atoms with Crippen LogP contribution in [0.2, 0.25) is 0 Å². The molecule has 0 aliphatic rings. The van der Waals surface area contributed by atoms with Crippen molar-refractivity contribution in [1.29, 1.82) is 0 Å². The Hall–Kier alpha value is -1.69. The lowest BCUT2D eigenvalue weighted by Gasteiger charge is -2.05. The Morgan fingerprint density at radius 2 is 1.94 bits per heavy atom. The fraction of sp³-hybridized carbons (Fsp3) is 0.167. The molecule has 18 heavy (non-hydrogen) atoms. The van der Waals surface area contributed by atoms with Gasteiger partial charge < -0.3 is 5.32 Å². The maximum Gasteiger partial charge on any atom is 0.148 e. The van der Waals surface area contributed by atoms with E-state index in [9.17, 15) is 8.78 Å². The molecule has 0 radical (unpaired) electrons. The van der Waals surface area contributed by atoms with Gasteiger partial charge in [0.25, 0.3) is 0 Å². The molecule has 0 amide bonds. The minimum atomic E-state index is -0.652. The van der Waals surface area contributed by atoms with Crippen LogP contribution in [0.3, 0.4) is 0 Å². The lowest BCUT2D eigenvalue weighted by molar-refractivity contribution is 0.585. The molecule has 1 N–H and O–H groups in total. The lowest BCUT2D eigenvalue weighted by atomic mass is 10.1. The first-order valence-electron chi connectivity index (χ1n) is 5.34. The maximum absolute atomic E-state index is 13.5. The first kappa shape index (κ1) is 12.8.